The quantitative estimate of drug-likeness (QED) is 0.493. The van der Waals surface area contributed by atoms with E-state index in [4.69, 9.17) is 10.2 Å². The largest absolute Gasteiger partial charge is 0.480 e. The zero-order valence-electron chi connectivity index (χ0n) is 9.32. The highest BCUT2D eigenvalue weighted by molar-refractivity contribution is 5.87. The zero-order chi connectivity index (χ0) is 12.2. The van der Waals surface area contributed by atoms with Crippen LogP contribution >= 0.6 is 0 Å². The normalized spacial score (nSPS) is 21.1. The highest BCUT2D eigenvalue weighted by atomic mass is 16.4. The van der Waals surface area contributed by atoms with Gasteiger partial charge in [-0.3, -0.25) is 4.79 Å². The van der Waals surface area contributed by atoms with Crippen molar-refractivity contribution in [3.63, 3.8) is 0 Å². The van der Waals surface area contributed by atoms with Gasteiger partial charge in [0.15, 0.2) is 0 Å². The fourth-order valence-electron chi connectivity index (χ4n) is 1.72. The second kappa shape index (κ2) is 5.27. The molecule has 6 heteroatoms. The van der Waals surface area contributed by atoms with Crippen LogP contribution < -0.4 is 10.6 Å². The summed E-state index contributed by atoms with van der Waals surface area (Å²) in [4.78, 5) is 22.5. The molecule has 92 valence electrons. The summed E-state index contributed by atoms with van der Waals surface area (Å²) < 4.78 is 0. The summed E-state index contributed by atoms with van der Waals surface area (Å²) in [5, 5.41) is 23.0. The Labute approximate surface area is 94.0 Å². The molecule has 1 amide bonds. The van der Waals surface area contributed by atoms with Crippen LogP contribution in [0.2, 0.25) is 0 Å². The van der Waals surface area contributed by atoms with Crippen molar-refractivity contribution < 1.29 is 19.8 Å². The van der Waals surface area contributed by atoms with Crippen LogP contribution in [0.4, 0.5) is 0 Å². The third-order valence-electron chi connectivity index (χ3n) is 3.04. The van der Waals surface area contributed by atoms with E-state index < -0.39 is 24.0 Å². The van der Waals surface area contributed by atoms with E-state index in [2.05, 4.69) is 10.6 Å². The molecule has 1 rings (SSSR count). The number of aliphatic hydroxyl groups excluding tert-OH is 1. The molecule has 0 spiro atoms. The van der Waals surface area contributed by atoms with E-state index in [0.29, 0.717) is 12.8 Å². The van der Waals surface area contributed by atoms with E-state index >= 15 is 0 Å². The van der Waals surface area contributed by atoms with Crippen molar-refractivity contribution in [1.29, 1.82) is 0 Å². The summed E-state index contributed by atoms with van der Waals surface area (Å²) in [6.45, 7) is 2.73. The van der Waals surface area contributed by atoms with Gasteiger partial charge >= 0.3 is 5.97 Å². The maximum absolute atomic E-state index is 11.9. The lowest BCUT2D eigenvalue weighted by Crippen LogP contribution is -2.52. The van der Waals surface area contributed by atoms with Gasteiger partial charge in [0.1, 0.15) is 6.04 Å². The SMILES string of the molecule is CC1(C(=O)N[C@@H](CO)C(=O)O)CCNCC1. The lowest BCUT2D eigenvalue weighted by molar-refractivity contribution is -0.145. The van der Waals surface area contributed by atoms with E-state index in [1.54, 1.807) is 0 Å². The number of piperidine rings is 1. The van der Waals surface area contributed by atoms with Crippen LogP contribution in [0.15, 0.2) is 0 Å². The van der Waals surface area contributed by atoms with Crippen molar-refractivity contribution in [2.75, 3.05) is 19.7 Å². The highest BCUT2D eigenvalue weighted by Gasteiger charge is 2.36. The summed E-state index contributed by atoms with van der Waals surface area (Å²) in [6.07, 6.45) is 1.35. The molecule has 1 heterocycles. The molecule has 1 fully saturated rings. The van der Waals surface area contributed by atoms with E-state index in [-0.39, 0.29) is 5.91 Å². The van der Waals surface area contributed by atoms with E-state index in [1.807, 2.05) is 6.92 Å². The van der Waals surface area contributed by atoms with Gasteiger partial charge in [-0.15, -0.1) is 0 Å². The Morgan fingerprint density at radius 3 is 2.44 bits per heavy atom. The second-order valence-electron chi connectivity index (χ2n) is 4.36. The number of aliphatic carboxylic acids is 1. The number of hydrogen-bond acceptors (Lipinski definition) is 4. The van der Waals surface area contributed by atoms with E-state index in [0.717, 1.165) is 13.1 Å². The Morgan fingerprint density at radius 2 is 2.00 bits per heavy atom. The summed E-state index contributed by atoms with van der Waals surface area (Å²) >= 11 is 0. The van der Waals surface area contributed by atoms with Crippen LogP contribution in [0.5, 0.6) is 0 Å². The molecule has 6 nitrogen and oxygen atoms in total. The average Bonchev–Trinajstić information content (AvgIpc) is 2.26. The van der Waals surface area contributed by atoms with E-state index in [9.17, 15) is 9.59 Å². The molecule has 0 aromatic carbocycles. The lowest BCUT2D eigenvalue weighted by Gasteiger charge is -2.33. The number of carboxylic acids is 1. The predicted octanol–water partition coefficient (Wildman–Crippen LogP) is -1.06. The number of hydrogen-bond donors (Lipinski definition) is 4. The summed E-state index contributed by atoms with van der Waals surface area (Å²) in [6, 6.07) is -1.21. The minimum Gasteiger partial charge on any atom is -0.480 e. The number of carbonyl (C=O) groups is 2. The molecule has 1 atom stereocenters. The number of carbonyl (C=O) groups excluding carboxylic acids is 1. The molecule has 4 N–H and O–H groups in total. The molecule has 1 aliphatic heterocycles. The Hall–Kier alpha value is -1.14. The van der Waals surface area contributed by atoms with Crippen LogP contribution in [0.3, 0.4) is 0 Å². The lowest BCUT2D eigenvalue weighted by atomic mass is 9.80. The van der Waals surface area contributed by atoms with Crippen LogP contribution in [-0.4, -0.2) is 47.8 Å². The van der Waals surface area contributed by atoms with Gasteiger partial charge in [0.05, 0.1) is 6.61 Å². The topological polar surface area (TPSA) is 98.7 Å². The molecule has 0 radical (unpaired) electrons. The van der Waals surface area contributed by atoms with Gasteiger partial charge in [-0.2, -0.15) is 0 Å². The number of rotatable bonds is 4. The third kappa shape index (κ3) is 2.93. The van der Waals surface area contributed by atoms with Gasteiger partial charge in [0, 0.05) is 5.41 Å². The average molecular weight is 230 g/mol. The summed E-state index contributed by atoms with van der Waals surface area (Å²) in [5.74, 6) is -1.51. The Morgan fingerprint density at radius 1 is 1.44 bits per heavy atom. The van der Waals surface area contributed by atoms with Crippen molar-refractivity contribution >= 4 is 11.9 Å². The minimum absolute atomic E-state index is 0.296. The first-order valence-corrected chi connectivity index (χ1v) is 5.35. The highest BCUT2D eigenvalue weighted by Crippen LogP contribution is 2.27. The molecule has 16 heavy (non-hydrogen) atoms. The van der Waals surface area contributed by atoms with Crippen molar-refractivity contribution in [2.45, 2.75) is 25.8 Å². The molecule has 1 saturated heterocycles. The molecule has 0 aliphatic carbocycles. The zero-order valence-corrected chi connectivity index (χ0v) is 9.32. The first kappa shape index (κ1) is 12.9. The van der Waals surface area contributed by atoms with Gasteiger partial charge in [-0.25, -0.2) is 4.79 Å². The molecule has 0 saturated carbocycles. The Kier molecular flexibility index (Phi) is 4.26. The first-order chi connectivity index (χ1) is 7.49. The van der Waals surface area contributed by atoms with Crippen LogP contribution in [0.1, 0.15) is 19.8 Å². The number of amides is 1. The fraction of sp³-hybridized carbons (Fsp3) is 0.800. The van der Waals surface area contributed by atoms with Crippen molar-refractivity contribution in [1.82, 2.24) is 10.6 Å². The van der Waals surface area contributed by atoms with Crippen molar-refractivity contribution in [3.8, 4) is 0 Å². The van der Waals surface area contributed by atoms with Gasteiger partial charge in [0.25, 0.3) is 0 Å². The predicted molar refractivity (Wildman–Crippen MR) is 56.9 cm³/mol. The molecule has 0 aromatic heterocycles. The van der Waals surface area contributed by atoms with Crippen LogP contribution in [0, 0.1) is 5.41 Å². The van der Waals surface area contributed by atoms with Gasteiger partial charge in [-0.1, -0.05) is 6.92 Å². The van der Waals surface area contributed by atoms with Crippen LogP contribution in [0.25, 0.3) is 0 Å². The van der Waals surface area contributed by atoms with Crippen molar-refractivity contribution in [2.24, 2.45) is 5.41 Å². The molecular formula is C10H18N2O4. The maximum atomic E-state index is 11.9. The van der Waals surface area contributed by atoms with Gasteiger partial charge in [-0.05, 0) is 25.9 Å². The maximum Gasteiger partial charge on any atom is 0.328 e. The molecule has 0 bridgehead atoms. The standard InChI is InChI=1S/C10H18N2O4/c1-10(2-4-11-5-3-10)9(16)12-7(6-13)8(14)15/h7,11,13H,2-6H2,1H3,(H,12,16)(H,14,15)/t7-/m0/s1. The summed E-state index contributed by atoms with van der Waals surface area (Å²) in [7, 11) is 0. The number of carboxylic acid groups (broad SMARTS) is 1. The van der Waals surface area contributed by atoms with Gasteiger partial charge < -0.3 is 20.8 Å². The molecular weight excluding hydrogens is 212 g/mol. The number of aliphatic hydroxyl groups is 1. The second-order valence-corrected chi connectivity index (χ2v) is 4.36. The molecule has 1 aliphatic rings. The first-order valence-electron chi connectivity index (χ1n) is 5.35. The monoisotopic (exact) mass is 230 g/mol. The third-order valence-corrected chi connectivity index (χ3v) is 3.04. The van der Waals surface area contributed by atoms with Crippen LogP contribution in [-0.2, 0) is 9.59 Å². The van der Waals surface area contributed by atoms with Crippen molar-refractivity contribution in [3.05, 3.63) is 0 Å². The fourth-order valence-corrected chi connectivity index (χ4v) is 1.72. The molecule has 0 unspecified atom stereocenters. The van der Waals surface area contributed by atoms with Gasteiger partial charge in [0.2, 0.25) is 5.91 Å². The Balaban J connectivity index is 2.59. The minimum atomic E-state index is -1.21. The van der Waals surface area contributed by atoms with E-state index in [1.165, 1.54) is 0 Å². The number of nitrogens with one attached hydrogen (secondary N) is 2. The molecule has 0 aromatic rings. The Bertz CT molecular complexity index is 274. The summed E-state index contributed by atoms with van der Waals surface area (Å²) in [5.41, 5.74) is -0.534. The smallest absolute Gasteiger partial charge is 0.328 e.